The van der Waals surface area contributed by atoms with Crippen molar-refractivity contribution in [3.63, 3.8) is 0 Å². The number of anilines is 3. The molecule has 0 bridgehead atoms. The van der Waals surface area contributed by atoms with Gasteiger partial charge in [-0.25, -0.2) is 9.97 Å². The number of nitrogens with zero attached hydrogens (tertiary/aromatic N) is 2. The number of nitrogens with one attached hydrogen (secondary N) is 2. The summed E-state index contributed by atoms with van der Waals surface area (Å²) in [7, 11) is 1.86. The lowest BCUT2D eigenvalue weighted by Crippen LogP contribution is -2.03. The summed E-state index contributed by atoms with van der Waals surface area (Å²) in [5, 5.41) is 7.03. The minimum absolute atomic E-state index is 0.510. The number of hydrogen-bond donors (Lipinski definition) is 2. The van der Waals surface area contributed by atoms with E-state index in [0.29, 0.717) is 10.9 Å². The molecule has 104 valence electrons. The minimum Gasteiger partial charge on any atom is -0.373 e. The lowest BCUT2D eigenvalue weighted by molar-refractivity contribution is 0.932. The molecule has 0 saturated heterocycles. The van der Waals surface area contributed by atoms with Gasteiger partial charge in [-0.3, -0.25) is 0 Å². The van der Waals surface area contributed by atoms with Gasteiger partial charge in [0.25, 0.3) is 0 Å². The highest BCUT2D eigenvalue weighted by Gasteiger charge is 2.27. The van der Waals surface area contributed by atoms with Crippen LogP contribution in [0.2, 0.25) is 5.02 Å². The fraction of sp³-hybridized carbons (Fsp3) is 0.286. The third kappa shape index (κ3) is 3.15. The Morgan fingerprint density at radius 1 is 1.20 bits per heavy atom. The van der Waals surface area contributed by atoms with E-state index < -0.39 is 0 Å². The van der Waals surface area contributed by atoms with E-state index in [0.717, 1.165) is 26.7 Å². The SMILES string of the molecule is CNc1cc(Nc2ccc(I)cc2Cl)nc(C2CC2)n1. The van der Waals surface area contributed by atoms with Crippen LogP contribution in [0.3, 0.4) is 0 Å². The Labute approximate surface area is 136 Å². The predicted molar refractivity (Wildman–Crippen MR) is 91.0 cm³/mol. The van der Waals surface area contributed by atoms with Crippen molar-refractivity contribution in [1.29, 1.82) is 0 Å². The Bertz CT molecular complexity index is 643. The average Bonchev–Trinajstić information content (AvgIpc) is 3.26. The maximum Gasteiger partial charge on any atom is 0.136 e. The average molecular weight is 401 g/mol. The summed E-state index contributed by atoms with van der Waals surface area (Å²) in [5.41, 5.74) is 0.856. The molecule has 0 amide bonds. The summed E-state index contributed by atoms with van der Waals surface area (Å²) in [6.45, 7) is 0. The van der Waals surface area contributed by atoms with Crippen LogP contribution in [0.4, 0.5) is 17.3 Å². The van der Waals surface area contributed by atoms with Crippen LogP contribution in [-0.4, -0.2) is 17.0 Å². The van der Waals surface area contributed by atoms with Gasteiger partial charge in [-0.15, -0.1) is 0 Å². The lowest BCUT2D eigenvalue weighted by atomic mass is 10.3. The van der Waals surface area contributed by atoms with Crippen LogP contribution in [0.25, 0.3) is 0 Å². The van der Waals surface area contributed by atoms with E-state index in [9.17, 15) is 0 Å². The van der Waals surface area contributed by atoms with Gasteiger partial charge >= 0.3 is 0 Å². The fourth-order valence-electron chi connectivity index (χ4n) is 1.91. The van der Waals surface area contributed by atoms with Crippen LogP contribution >= 0.6 is 34.2 Å². The van der Waals surface area contributed by atoms with Crippen molar-refractivity contribution >= 4 is 51.5 Å². The molecule has 1 aliphatic rings. The summed E-state index contributed by atoms with van der Waals surface area (Å²) in [6.07, 6.45) is 2.35. The molecule has 0 spiro atoms. The second-order valence-electron chi connectivity index (χ2n) is 4.77. The van der Waals surface area contributed by atoms with Gasteiger partial charge in [0.2, 0.25) is 0 Å². The maximum atomic E-state index is 6.24. The third-order valence-corrected chi connectivity index (χ3v) is 4.12. The van der Waals surface area contributed by atoms with Gasteiger partial charge in [0.15, 0.2) is 0 Å². The maximum absolute atomic E-state index is 6.24. The van der Waals surface area contributed by atoms with E-state index in [1.807, 2.05) is 31.3 Å². The second-order valence-corrected chi connectivity index (χ2v) is 6.42. The van der Waals surface area contributed by atoms with Crippen molar-refractivity contribution in [2.24, 2.45) is 0 Å². The van der Waals surface area contributed by atoms with E-state index in [4.69, 9.17) is 11.6 Å². The van der Waals surface area contributed by atoms with E-state index in [1.165, 1.54) is 12.8 Å². The van der Waals surface area contributed by atoms with E-state index >= 15 is 0 Å². The zero-order valence-electron chi connectivity index (χ0n) is 11.0. The van der Waals surface area contributed by atoms with E-state index in [1.54, 1.807) is 0 Å². The van der Waals surface area contributed by atoms with Gasteiger partial charge in [0.1, 0.15) is 17.5 Å². The summed E-state index contributed by atoms with van der Waals surface area (Å²) >= 11 is 8.48. The monoisotopic (exact) mass is 400 g/mol. The summed E-state index contributed by atoms with van der Waals surface area (Å²) in [5.74, 6) is 3.01. The van der Waals surface area contributed by atoms with Gasteiger partial charge < -0.3 is 10.6 Å². The molecular weight excluding hydrogens is 387 g/mol. The largest absolute Gasteiger partial charge is 0.373 e. The summed E-state index contributed by atoms with van der Waals surface area (Å²) in [6, 6.07) is 7.78. The predicted octanol–water partition coefficient (Wildman–Crippen LogP) is 4.40. The Morgan fingerprint density at radius 3 is 2.60 bits per heavy atom. The first-order valence-corrected chi connectivity index (χ1v) is 7.90. The topological polar surface area (TPSA) is 49.8 Å². The van der Waals surface area contributed by atoms with Crippen LogP contribution < -0.4 is 10.6 Å². The summed E-state index contributed by atoms with van der Waals surface area (Å²) < 4.78 is 1.11. The van der Waals surface area contributed by atoms with Crippen LogP contribution in [0.1, 0.15) is 24.6 Å². The molecular formula is C14H14ClIN4. The molecule has 1 aromatic carbocycles. The highest BCUT2D eigenvalue weighted by atomic mass is 127. The van der Waals surface area contributed by atoms with Crippen molar-refractivity contribution in [1.82, 2.24) is 9.97 Å². The van der Waals surface area contributed by atoms with Crippen molar-refractivity contribution in [3.8, 4) is 0 Å². The van der Waals surface area contributed by atoms with Gasteiger partial charge in [0, 0.05) is 22.6 Å². The molecule has 3 rings (SSSR count). The molecule has 0 aliphatic heterocycles. The number of benzene rings is 1. The molecule has 1 saturated carbocycles. The van der Waals surface area contributed by atoms with Gasteiger partial charge in [0.05, 0.1) is 10.7 Å². The van der Waals surface area contributed by atoms with E-state index in [2.05, 4.69) is 43.2 Å². The number of hydrogen-bond acceptors (Lipinski definition) is 4. The van der Waals surface area contributed by atoms with Crippen molar-refractivity contribution < 1.29 is 0 Å². The van der Waals surface area contributed by atoms with Crippen molar-refractivity contribution in [2.75, 3.05) is 17.7 Å². The van der Waals surface area contributed by atoms with E-state index in [-0.39, 0.29) is 0 Å². The zero-order chi connectivity index (χ0) is 14.1. The molecule has 20 heavy (non-hydrogen) atoms. The Balaban J connectivity index is 1.91. The second kappa shape index (κ2) is 5.73. The van der Waals surface area contributed by atoms with Crippen LogP contribution in [0.15, 0.2) is 24.3 Å². The molecule has 0 unspecified atom stereocenters. The first-order valence-electron chi connectivity index (χ1n) is 6.44. The standard InChI is InChI=1S/C14H14ClIN4/c1-17-12-7-13(20-14(19-12)8-2-3-8)18-11-5-4-9(16)6-10(11)15/h4-8H,2-3H2,1H3,(H2,17,18,19,20). The van der Waals surface area contributed by atoms with Crippen molar-refractivity contribution in [3.05, 3.63) is 38.7 Å². The molecule has 1 aromatic heterocycles. The number of aromatic nitrogens is 2. The molecule has 0 atom stereocenters. The fourth-order valence-corrected chi connectivity index (χ4v) is 2.81. The molecule has 1 heterocycles. The van der Waals surface area contributed by atoms with Gasteiger partial charge in [-0.2, -0.15) is 0 Å². The van der Waals surface area contributed by atoms with Crippen molar-refractivity contribution in [2.45, 2.75) is 18.8 Å². The Hall–Kier alpha value is -1.08. The zero-order valence-corrected chi connectivity index (χ0v) is 13.9. The van der Waals surface area contributed by atoms with Crippen LogP contribution in [0.5, 0.6) is 0 Å². The molecule has 2 N–H and O–H groups in total. The number of rotatable bonds is 4. The minimum atomic E-state index is 0.510. The first-order chi connectivity index (χ1) is 9.65. The highest BCUT2D eigenvalue weighted by Crippen LogP contribution is 2.39. The Morgan fingerprint density at radius 2 is 1.95 bits per heavy atom. The lowest BCUT2D eigenvalue weighted by Gasteiger charge is -2.11. The molecule has 1 fully saturated rings. The molecule has 6 heteroatoms. The normalized spacial score (nSPS) is 14.2. The number of halogens is 2. The quantitative estimate of drug-likeness (QED) is 0.747. The summed E-state index contributed by atoms with van der Waals surface area (Å²) in [4.78, 5) is 9.08. The Kier molecular flexibility index (Phi) is 3.98. The van der Waals surface area contributed by atoms with Crippen LogP contribution in [0, 0.1) is 3.57 Å². The highest BCUT2D eigenvalue weighted by molar-refractivity contribution is 14.1. The third-order valence-electron chi connectivity index (χ3n) is 3.14. The molecule has 0 radical (unpaired) electrons. The molecule has 2 aromatic rings. The molecule has 1 aliphatic carbocycles. The smallest absolute Gasteiger partial charge is 0.136 e. The van der Waals surface area contributed by atoms with Gasteiger partial charge in [-0.05, 0) is 53.6 Å². The molecule has 4 nitrogen and oxygen atoms in total. The first kappa shape index (κ1) is 13.9. The van der Waals surface area contributed by atoms with Crippen LogP contribution in [-0.2, 0) is 0 Å². The van der Waals surface area contributed by atoms with Gasteiger partial charge in [-0.1, -0.05) is 11.6 Å².